The molecule has 0 aliphatic heterocycles. The molecule has 0 radical (unpaired) electrons. The highest BCUT2D eigenvalue weighted by atomic mass is 32.2. The number of hydrogen-bond donors (Lipinski definition) is 1. The molecule has 0 saturated heterocycles. The summed E-state index contributed by atoms with van der Waals surface area (Å²) in [5.74, 6) is -0.909. The summed E-state index contributed by atoms with van der Waals surface area (Å²) in [5.41, 5.74) is 0.505. The SMILES string of the molecule is N#CSc1nc(CC(=O)O)cs1. The van der Waals surface area contributed by atoms with Crippen molar-refractivity contribution in [2.45, 2.75) is 10.8 Å². The quantitative estimate of drug-likeness (QED) is 0.588. The number of thiocyanates is 1. The standard InChI is InChI=1S/C6H4N2O2S2/c7-3-12-6-8-4(2-11-6)1-5(9)10/h2H,1H2,(H,9,10). The van der Waals surface area contributed by atoms with Crippen LogP contribution < -0.4 is 0 Å². The molecule has 0 aromatic carbocycles. The van der Waals surface area contributed by atoms with Gasteiger partial charge in [-0.15, -0.1) is 11.3 Å². The summed E-state index contributed by atoms with van der Waals surface area (Å²) in [6.07, 6.45) is -0.0809. The van der Waals surface area contributed by atoms with Gasteiger partial charge in [-0.1, -0.05) is 0 Å². The van der Waals surface area contributed by atoms with Gasteiger partial charge in [0, 0.05) is 17.1 Å². The van der Waals surface area contributed by atoms with E-state index in [1.807, 2.05) is 5.40 Å². The lowest BCUT2D eigenvalue weighted by molar-refractivity contribution is -0.136. The van der Waals surface area contributed by atoms with Gasteiger partial charge in [-0.25, -0.2) is 4.98 Å². The van der Waals surface area contributed by atoms with Crippen LogP contribution >= 0.6 is 23.1 Å². The van der Waals surface area contributed by atoms with E-state index in [-0.39, 0.29) is 6.42 Å². The Kier molecular flexibility index (Phi) is 3.08. The van der Waals surface area contributed by atoms with E-state index in [2.05, 4.69) is 4.98 Å². The molecule has 6 heteroatoms. The minimum atomic E-state index is -0.909. The molecular formula is C6H4N2O2S2. The van der Waals surface area contributed by atoms with Crippen LogP contribution in [0.25, 0.3) is 0 Å². The fraction of sp³-hybridized carbons (Fsp3) is 0.167. The summed E-state index contributed by atoms with van der Waals surface area (Å²) in [7, 11) is 0. The van der Waals surface area contributed by atoms with Crippen LogP contribution in [0.4, 0.5) is 0 Å². The number of aliphatic carboxylic acids is 1. The predicted octanol–water partition coefficient (Wildman–Crippen LogP) is 1.34. The second-order valence-electron chi connectivity index (χ2n) is 1.87. The van der Waals surface area contributed by atoms with Crippen molar-refractivity contribution in [2.24, 2.45) is 0 Å². The summed E-state index contributed by atoms with van der Waals surface area (Å²) in [6.45, 7) is 0. The average Bonchev–Trinajstić information content (AvgIpc) is 2.36. The van der Waals surface area contributed by atoms with Crippen LogP contribution in [-0.4, -0.2) is 16.1 Å². The molecule has 1 heterocycles. The van der Waals surface area contributed by atoms with Gasteiger partial charge in [0.25, 0.3) is 0 Å². The van der Waals surface area contributed by atoms with E-state index in [0.29, 0.717) is 10.0 Å². The second kappa shape index (κ2) is 4.09. The summed E-state index contributed by atoms with van der Waals surface area (Å²) in [6, 6.07) is 0. The molecule has 1 N–H and O–H groups in total. The van der Waals surface area contributed by atoms with Gasteiger partial charge >= 0.3 is 5.97 Å². The highest BCUT2D eigenvalue weighted by molar-refractivity contribution is 8.05. The number of thiazole rings is 1. The van der Waals surface area contributed by atoms with E-state index >= 15 is 0 Å². The molecule has 0 bridgehead atoms. The first-order valence-corrected chi connectivity index (χ1v) is 4.64. The summed E-state index contributed by atoms with van der Waals surface area (Å²) in [4.78, 5) is 14.1. The molecular weight excluding hydrogens is 196 g/mol. The molecule has 4 nitrogen and oxygen atoms in total. The van der Waals surface area contributed by atoms with Crippen LogP contribution in [0.2, 0.25) is 0 Å². The first kappa shape index (κ1) is 9.03. The number of nitriles is 1. The molecule has 0 saturated carbocycles. The normalized spacial score (nSPS) is 9.25. The van der Waals surface area contributed by atoms with Gasteiger partial charge < -0.3 is 5.11 Å². The van der Waals surface area contributed by atoms with Crippen molar-refractivity contribution in [1.82, 2.24) is 4.98 Å². The van der Waals surface area contributed by atoms with E-state index in [1.165, 1.54) is 11.3 Å². The Morgan fingerprint density at radius 1 is 1.92 bits per heavy atom. The molecule has 12 heavy (non-hydrogen) atoms. The third kappa shape index (κ3) is 2.53. The van der Waals surface area contributed by atoms with Gasteiger partial charge in [0.15, 0.2) is 4.34 Å². The van der Waals surface area contributed by atoms with Crippen molar-refractivity contribution in [3.05, 3.63) is 11.1 Å². The molecule has 1 rings (SSSR count). The Labute approximate surface area is 76.9 Å². The molecule has 0 fully saturated rings. The predicted molar refractivity (Wildman–Crippen MR) is 44.9 cm³/mol. The topological polar surface area (TPSA) is 74.0 Å². The monoisotopic (exact) mass is 200 g/mol. The molecule has 0 aliphatic carbocycles. The van der Waals surface area contributed by atoms with Crippen LogP contribution in [0.5, 0.6) is 0 Å². The minimum Gasteiger partial charge on any atom is -0.481 e. The van der Waals surface area contributed by atoms with E-state index in [9.17, 15) is 4.79 Å². The molecule has 0 unspecified atom stereocenters. The highest BCUT2D eigenvalue weighted by Crippen LogP contribution is 2.21. The lowest BCUT2D eigenvalue weighted by Crippen LogP contribution is -1.99. The van der Waals surface area contributed by atoms with E-state index in [1.54, 1.807) is 5.38 Å². The molecule has 1 aromatic heterocycles. The van der Waals surface area contributed by atoms with Crippen LogP contribution in [0.1, 0.15) is 5.69 Å². The lowest BCUT2D eigenvalue weighted by atomic mass is 10.3. The number of nitrogens with zero attached hydrogens (tertiary/aromatic N) is 2. The number of thioether (sulfide) groups is 1. The average molecular weight is 200 g/mol. The third-order valence-electron chi connectivity index (χ3n) is 0.996. The molecule has 0 spiro atoms. The van der Waals surface area contributed by atoms with Crippen molar-refractivity contribution in [3.63, 3.8) is 0 Å². The Hall–Kier alpha value is -1.06. The highest BCUT2D eigenvalue weighted by Gasteiger charge is 2.05. The minimum absolute atomic E-state index is 0.0809. The number of aromatic nitrogens is 1. The fourth-order valence-electron chi connectivity index (χ4n) is 0.610. The fourth-order valence-corrected chi connectivity index (χ4v) is 1.84. The van der Waals surface area contributed by atoms with Crippen LogP contribution in [0.15, 0.2) is 9.72 Å². The van der Waals surface area contributed by atoms with Crippen LogP contribution in [0.3, 0.4) is 0 Å². The number of carboxylic acid groups (broad SMARTS) is 1. The van der Waals surface area contributed by atoms with Crippen molar-refractivity contribution in [1.29, 1.82) is 5.26 Å². The summed E-state index contributed by atoms with van der Waals surface area (Å²) in [5, 5.41) is 20.2. The summed E-state index contributed by atoms with van der Waals surface area (Å²) < 4.78 is 0.591. The lowest BCUT2D eigenvalue weighted by Gasteiger charge is -1.85. The Morgan fingerprint density at radius 3 is 3.25 bits per heavy atom. The van der Waals surface area contributed by atoms with E-state index in [4.69, 9.17) is 10.4 Å². The second-order valence-corrected chi connectivity index (χ2v) is 3.76. The van der Waals surface area contributed by atoms with Crippen molar-refractivity contribution >= 4 is 29.1 Å². The van der Waals surface area contributed by atoms with E-state index in [0.717, 1.165) is 11.8 Å². The number of carbonyl (C=O) groups is 1. The van der Waals surface area contributed by atoms with Gasteiger partial charge in [0.05, 0.1) is 12.1 Å². The van der Waals surface area contributed by atoms with Gasteiger partial charge in [-0.2, -0.15) is 5.26 Å². The zero-order valence-electron chi connectivity index (χ0n) is 5.85. The van der Waals surface area contributed by atoms with Crippen LogP contribution in [-0.2, 0) is 11.2 Å². The Bertz CT molecular complexity index is 329. The smallest absolute Gasteiger partial charge is 0.309 e. The number of rotatable bonds is 3. The first-order chi connectivity index (χ1) is 5.72. The Balaban J connectivity index is 2.65. The van der Waals surface area contributed by atoms with Gasteiger partial charge in [-0.05, 0) is 0 Å². The zero-order chi connectivity index (χ0) is 8.97. The molecule has 62 valence electrons. The maximum absolute atomic E-state index is 10.2. The van der Waals surface area contributed by atoms with Gasteiger partial charge in [-0.3, -0.25) is 4.79 Å². The largest absolute Gasteiger partial charge is 0.481 e. The summed E-state index contributed by atoms with van der Waals surface area (Å²) >= 11 is 2.23. The van der Waals surface area contributed by atoms with Gasteiger partial charge in [0.1, 0.15) is 5.40 Å². The van der Waals surface area contributed by atoms with Crippen LogP contribution in [0, 0.1) is 10.7 Å². The maximum Gasteiger partial charge on any atom is 0.309 e. The molecule has 0 aliphatic rings. The number of carboxylic acids is 1. The molecule has 0 atom stereocenters. The zero-order valence-corrected chi connectivity index (χ0v) is 7.48. The van der Waals surface area contributed by atoms with Gasteiger partial charge in [0.2, 0.25) is 0 Å². The number of hydrogen-bond acceptors (Lipinski definition) is 5. The Morgan fingerprint density at radius 2 is 2.67 bits per heavy atom. The van der Waals surface area contributed by atoms with E-state index < -0.39 is 5.97 Å². The van der Waals surface area contributed by atoms with Crippen molar-refractivity contribution < 1.29 is 9.90 Å². The first-order valence-electron chi connectivity index (χ1n) is 2.94. The van der Waals surface area contributed by atoms with Crippen molar-refractivity contribution in [2.75, 3.05) is 0 Å². The molecule has 1 aromatic rings. The maximum atomic E-state index is 10.2. The van der Waals surface area contributed by atoms with Crippen molar-refractivity contribution in [3.8, 4) is 5.40 Å². The molecule has 0 amide bonds. The third-order valence-corrected chi connectivity index (χ3v) is 2.57.